The van der Waals surface area contributed by atoms with Gasteiger partial charge in [-0.15, -0.1) is 0 Å². The summed E-state index contributed by atoms with van der Waals surface area (Å²) >= 11 is 6.52. The van der Waals surface area contributed by atoms with E-state index >= 15 is 0 Å². The normalized spacial score (nSPS) is 17.7. The summed E-state index contributed by atoms with van der Waals surface area (Å²) < 4.78 is 5.40. The Morgan fingerprint density at radius 2 is 2.17 bits per heavy atom. The Balaban J connectivity index is 1.72. The first-order valence-corrected chi connectivity index (χ1v) is 9.95. The highest BCUT2D eigenvalue weighted by Crippen LogP contribution is 2.24. The maximum atomic E-state index is 12.4. The number of rotatable bonds is 6. The molecule has 0 spiro atoms. The maximum Gasteiger partial charge on any atom is 0.248 e. The number of nitrogens with zero attached hydrogens (tertiary/aromatic N) is 2. The zero-order chi connectivity index (χ0) is 21.3. The number of aromatic nitrogens is 1. The lowest BCUT2D eigenvalue weighted by atomic mass is 10.0. The third-order valence-electron chi connectivity index (χ3n) is 4.74. The number of nitrogens with one attached hydrogen (secondary N) is 2. The van der Waals surface area contributed by atoms with E-state index in [9.17, 15) is 4.79 Å². The summed E-state index contributed by atoms with van der Waals surface area (Å²) in [7, 11) is 0. The second-order valence-corrected chi connectivity index (χ2v) is 7.06. The van der Waals surface area contributed by atoms with Crippen LogP contribution in [0.25, 0.3) is 11.6 Å². The highest BCUT2D eigenvalue weighted by Gasteiger charge is 2.17. The van der Waals surface area contributed by atoms with Gasteiger partial charge < -0.3 is 26.1 Å². The van der Waals surface area contributed by atoms with Gasteiger partial charge >= 0.3 is 0 Å². The summed E-state index contributed by atoms with van der Waals surface area (Å²) in [5.41, 5.74) is 9.18. The van der Waals surface area contributed by atoms with Gasteiger partial charge in [0.15, 0.2) is 0 Å². The van der Waals surface area contributed by atoms with E-state index in [1.807, 2.05) is 12.2 Å². The van der Waals surface area contributed by atoms with Gasteiger partial charge in [-0.05, 0) is 29.9 Å². The average Bonchev–Trinajstić information content (AvgIpc) is 2.95. The molecule has 3 rings (SSSR count). The summed E-state index contributed by atoms with van der Waals surface area (Å²) in [4.78, 5) is 18.7. The summed E-state index contributed by atoms with van der Waals surface area (Å²) in [5.74, 6) is -0.298. The topological polar surface area (TPSA) is 104 Å². The first-order valence-electron chi connectivity index (χ1n) is 9.57. The molecule has 30 heavy (non-hydrogen) atoms. The standard InChI is InChI=1S/C22H24ClN5O2/c23-20-12-18(2-1-3-21(20)28-8-10-30-11-9-28)27-22(29)5-4-16-15-26-7-6-19(16)17(13-24)14-25/h1-2,4-7,12-15,24H,3,8-11,25H2,(H,27,29)/b5-4+,17-14?,24-13?. The number of morpholine rings is 1. The van der Waals surface area contributed by atoms with Gasteiger partial charge in [0, 0.05) is 72.9 Å². The SMILES string of the molecule is N=CC(=CN)c1ccncc1/C=C/C(=O)NC1=CC(Cl)=C(N2CCOCC2)CC=C1. The van der Waals surface area contributed by atoms with Crippen molar-refractivity contribution in [3.05, 3.63) is 76.5 Å². The second-order valence-electron chi connectivity index (χ2n) is 6.65. The van der Waals surface area contributed by atoms with Crippen LogP contribution in [0, 0.1) is 5.41 Å². The lowest BCUT2D eigenvalue weighted by Crippen LogP contribution is -2.35. The third kappa shape index (κ3) is 5.46. The number of halogens is 1. The number of ether oxygens (including phenoxy) is 1. The van der Waals surface area contributed by atoms with Gasteiger partial charge in [0.1, 0.15) is 0 Å². The van der Waals surface area contributed by atoms with E-state index in [4.69, 9.17) is 27.5 Å². The van der Waals surface area contributed by atoms with Crippen LogP contribution in [0.5, 0.6) is 0 Å². The fourth-order valence-electron chi connectivity index (χ4n) is 3.22. The van der Waals surface area contributed by atoms with Crippen LogP contribution >= 0.6 is 11.6 Å². The molecule has 8 heteroatoms. The average molecular weight is 426 g/mol. The number of nitrogens with two attached hydrogens (primary N) is 1. The highest BCUT2D eigenvalue weighted by atomic mass is 35.5. The molecule has 0 unspecified atom stereocenters. The molecule has 0 atom stereocenters. The van der Waals surface area contributed by atoms with Gasteiger partial charge in [0.2, 0.25) is 5.91 Å². The molecule has 4 N–H and O–H groups in total. The molecule has 0 radical (unpaired) electrons. The molecule has 1 aliphatic carbocycles. The quantitative estimate of drug-likeness (QED) is 0.480. The molecule has 1 fully saturated rings. The molecular weight excluding hydrogens is 402 g/mol. The number of carbonyl (C=O) groups is 1. The number of amides is 1. The Hall–Kier alpha value is -3.16. The van der Waals surface area contributed by atoms with E-state index in [-0.39, 0.29) is 5.91 Å². The Labute approximate surface area is 180 Å². The molecule has 0 bridgehead atoms. The molecule has 0 aromatic carbocycles. The predicted molar refractivity (Wildman–Crippen MR) is 119 cm³/mol. The van der Waals surface area contributed by atoms with Crippen molar-refractivity contribution in [1.29, 1.82) is 5.41 Å². The lowest BCUT2D eigenvalue weighted by molar-refractivity contribution is -0.115. The summed E-state index contributed by atoms with van der Waals surface area (Å²) in [6.45, 7) is 2.98. The van der Waals surface area contributed by atoms with Gasteiger partial charge in [-0.1, -0.05) is 17.7 Å². The highest BCUT2D eigenvalue weighted by molar-refractivity contribution is 6.31. The van der Waals surface area contributed by atoms with E-state index in [1.54, 1.807) is 30.6 Å². The van der Waals surface area contributed by atoms with Crippen LogP contribution in [0.1, 0.15) is 17.5 Å². The number of pyridine rings is 1. The second kappa shape index (κ2) is 10.6. The molecule has 1 aromatic rings. The minimum absolute atomic E-state index is 0.298. The Kier molecular flexibility index (Phi) is 7.59. The van der Waals surface area contributed by atoms with E-state index in [0.717, 1.165) is 30.6 Å². The molecule has 2 heterocycles. The Bertz CT molecular complexity index is 956. The van der Waals surface area contributed by atoms with Crippen molar-refractivity contribution in [2.45, 2.75) is 6.42 Å². The molecule has 2 aliphatic rings. The van der Waals surface area contributed by atoms with Gasteiger partial charge in [-0.25, -0.2) is 0 Å². The summed E-state index contributed by atoms with van der Waals surface area (Å²) in [6, 6.07) is 1.75. The molecule has 7 nitrogen and oxygen atoms in total. The van der Waals surface area contributed by atoms with Crippen LogP contribution in [0.3, 0.4) is 0 Å². The zero-order valence-corrected chi connectivity index (χ0v) is 17.2. The number of hydrogen-bond acceptors (Lipinski definition) is 6. The lowest BCUT2D eigenvalue weighted by Gasteiger charge is -2.31. The molecule has 1 aliphatic heterocycles. The first-order chi connectivity index (χ1) is 14.6. The Morgan fingerprint density at radius 1 is 1.37 bits per heavy atom. The van der Waals surface area contributed by atoms with Crippen molar-refractivity contribution < 1.29 is 9.53 Å². The maximum absolute atomic E-state index is 12.4. The van der Waals surface area contributed by atoms with Crippen molar-refractivity contribution in [3.8, 4) is 0 Å². The van der Waals surface area contributed by atoms with E-state index in [0.29, 0.717) is 41.5 Å². The molecule has 1 aromatic heterocycles. The van der Waals surface area contributed by atoms with Crippen LogP contribution in [0.2, 0.25) is 0 Å². The zero-order valence-electron chi connectivity index (χ0n) is 16.5. The smallest absolute Gasteiger partial charge is 0.248 e. The fraction of sp³-hybridized carbons (Fsp3) is 0.227. The van der Waals surface area contributed by atoms with Gasteiger partial charge in [-0.3, -0.25) is 9.78 Å². The monoisotopic (exact) mass is 425 g/mol. The minimum atomic E-state index is -0.298. The number of allylic oxidation sites excluding steroid dienone is 5. The third-order valence-corrected chi connectivity index (χ3v) is 5.07. The molecular formula is C22H24ClN5O2. The van der Waals surface area contributed by atoms with Crippen molar-refractivity contribution >= 4 is 35.4 Å². The van der Waals surface area contributed by atoms with Crippen molar-refractivity contribution in [2.24, 2.45) is 5.73 Å². The minimum Gasteiger partial charge on any atom is -0.404 e. The van der Waals surface area contributed by atoms with E-state index < -0.39 is 0 Å². The number of hydrogen-bond donors (Lipinski definition) is 3. The van der Waals surface area contributed by atoms with Crippen molar-refractivity contribution in [1.82, 2.24) is 15.2 Å². The molecule has 156 valence electrons. The Morgan fingerprint density at radius 3 is 2.90 bits per heavy atom. The van der Waals surface area contributed by atoms with Gasteiger partial charge in [0.05, 0.1) is 18.2 Å². The summed E-state index contributed by atoms with van der Waals surface area (Å²) in [6.07, 6.45) is 15.1. The molecule has 1 amide bonds. The predicted octanol–water partition coefficient (Wildman–Crippen LogP) is 2.79. The number of carbonyl (C=O) groups excluding carboxylic acids is 1. The van der Waals surface area contributed by atoms with Crippen LogP contribution in [0.15, 0.2) is 65.4 Å². The van der Waals surface area contributed by atoms with Gasteiger partial charge in [0.25, 0.3) is 0 Å². The first kappa shape index (κ1) is 21.5. The van der Waals surface area contributed by atoms with Crippen LogP contribution in [0.4, 0.5) is 0 Å². The molecule has 0 saturated carbocycles. The largest absolute Gasteiger partial charge is 0.404 e. The van der Waals surface area contributed by atoms with Gasteiger partial charge in [-0.2, -0.15) is 0 Å². The van der Waals surface area contributed by atoms with Crippen LogP contribution in [-0.4, -0.2) is 48.3 Å². The van der Waals surface area contributed by atoms with Crippen LogP contribution < -0.4 is 11.1 Å². The van der Waals surface area contributed by atoms with E-state index in [2.05, 4.69) is 15.2 Å². The van der Waals surface area contributed by atoms with E-state index in [1.165, 1.54) is 12.3 Å². The molecule has 1 saturated heterocycles. The fourth-order valence-corrected chi connectivity index (χ4v) is 3.54. The summed E-state index contributed by atoms with van der Waals surface area (Å²) in [5, 5.41) is 10.9. The van der Waals surface area contributed by atoms with Crippen molar-refractivity contribution in [2.75, 3.05) is 26.3 Å². The van der Waals surface area contributed by atoms with Crippen LogP contribution in [-0.2, 0) is 9.53 Å². The van der Waals surface area contributed by atoms with Crippen molar-refractivity contribution in [3.63, 3.8) is 0 Å².